The average Bonchev–Trinajstić information content (AvgIpc) is 2.61. The van der Waals surface area contributed by atoms with Gasteiger partial charge in [0.25, 0.3) is 0 Å². The molecular weight excluding hydrogens is 316 g/mol. The van der Waals surface area contributed by atoms with Crippen molar-refractivity contribution in [1.29, 1.82) is 0 Å². The second kappa shape index (κ2) is 9.08. The summed E-state index contributed by atoms with van der Waals surface area (Å²) in [5, 5.41) is 10.2. The van der Waals surface area contributed by atoms with E-state index in [1.54, 1.807) is 19.4 Å². The van der Waals surface area contributed by atoms with Crippen molar-refractivity contribution in [3.63, 3.8) is 0 Å². The molecule has 2 aromatic rings. The Labute approximate surface area is 149 Å². The zero-order valence-corrected chi connectivity index (χ0v) is 15.3. The highest BCUT2D eigenvalue weighted by Gasteiger charge is 2.17. The van der Waals surface area contributed by atoms with Gasteiger partial charge >= 0.3 is 0 Å². The van der Waals surface area contributed by atoms with E-state index in [0.29, 0.717) is 24.5 Å². The Bertz CT molecular complexity index is 714. The number of likely N-dealkylation sites (N-methyl/N-ethyl adjacent to an activating group) is 1. The van der Waals surface area contributed by atoms with Gasteiger partial charge in [0.15, 0.2) is 11.5 Å². The summed E-state index contributed by atoms with van der Waals surface area (Å²) in [6, 6.07) is 13.4. The van der Waals surface area contributed by atoms with Crippen LogP contribution < -0.4 is 9.47 Å². The molecule has 0 radical (unpaired) electrons. The standard InChI is InChI=1S/C20H26N2O3/c1-5-25-19-12-8-9-15(20(19)23)13-21-14-17(22(2)3)16-10-6-7-11-18(16)24-4/h6-13,17,23H,5,14H2,1-4H3/t17-/m1/s1. The van der Waals surface area contributed by atoms with Gasteiger partial charge in [0, 0.05) is 17.3 Å². The van der Waals surface area contributed by atoms with Gasteiger partial charge in [-0.3, -0.25) is 4.99 Å². The molecule has 1 atom stereocenters. The molecule has 0 unspecified atom stereocenters. The fourth-order valence-corrected chi connectivity index (χ4v) is 2.65. The average molecular weight is 342 g/mol. The molecule has 0 aliphatic heterocycles. The molecule has 0 aromatic heterocycles. The number of benzene rings is 2. The van der Waals surface area contributed by atoms with E-state index in [0.717, 1.165) is 11.3 Å². The Morgan fingerprint density at radius 3 is 2.52 bits per heavy atom. The Morgan fingerprint density at radius 2 is 1.84 bits per heavy atom. The molecule has 5 heteroatoms. The fraction of sp³-hybridized carbons (Fsp3) is 0.350. The van der Waals surface area contributed by atoms with Gasteiger partial charge in [0.1, 0.15) is 5.75 Å². The number of nitrogens with zero attached hydrogens (tertiary/aromatic N) is 2. The van der Waals surface area contributed by atoms with Crippen LogP contribution in [0.5, 0.6) is 17.2 Å². The number of para-hydroxylation sites is 2. The Morgan fingerprint density at radius 1 is 1.12 bits per heavy atom. The molecule has 0 spiro atoms. The second-order valence-electron chi connectivity index (χ2n) is 5.84. The monoisotopic (exact) mass is 342 g/mol. The van der Waals surface area contributed by atoms with Crippen molar-refractivity contribution in [2.45, 2.75) is 13.0 Å². The molecule has 2 aromatic carbocycles. The largest absolute Gasteiger partial charge is 0.504 e. The van der Waals surface area contributed by atoms with E-state index in [1.165, 1.54) is 0 Å². The van der Waals surface area contributed by atoms with Gasteiger partial charge < -0.3 is 19.5 Å². The molecule has 5 nitrogen and oxygen atoms in total. The molecule has 0 fully saturated rings. The highest BCUT2D eigenvalue weighted by Crippen LogP contribution is 2.30. The van der Waals surface area contributed by atoms with Gasteiger partial charge in [-0.15, -0.1) is 0 Å². The lowest BCUT2D eigenvalue weighted by molar-refractivity contribution is 0.295. The first-order valence-electron chi connectivity index (χ1n) is 8.32. The molecule has 0 saturated heterocycles. The lowest BCUT2D eigenvalue weighted by atomic mass is 10.0. The molecule has 0 saturated carbocycles. The van der Waals surface area contributed by atoms with Crippen LogP contribution in [0.25, 0.3) is 0 Å². The first-order chi connectivity index (χ1) is 12.1. The molecule has 0 aliphatic carbocycles. The van der Waals surface area contributed by atoms with Crippen LogP contribution in [0.3, 0.4) is 0 Å². The minimum atomic E-state index is 0.0737. The number of rotatable bonds is 8. The molecule has 1 N–H and O–H groups in total. The maximum Gasteiger partial charge on any atom is 0.166 e. The van der Waals surface area contributed by atoms with Crippen LogP contribution in [0.1, 0.15) is 24.1 Å². The van der Waals surface area contributed by atoms with E-state index in [2.05, 4.69) is 9.89 Å². The summed E-state index contributed by atoms with van der Waals surface area (Å²) in [7, 11) is 5.70. The van der Waals surface area contributed by atoms with Crippen LogP contribution in [0, 0.1) is 0 Å². The van der Waals surface area contributed by atoms with E-state index < -0.39 is 0 Å². The van der Waals surface area contributed by atoms with Crippen LogP contribution in [-0.4, -0.2) is 50.6 Å². The van der Waals surface area contributed by atoms with E-state index >= 15 is 0 Å². The number of methoxy groups -OCH3 is 1. The normalized spacial score (nSPS) is 12.5. The summed E-state index contributed by atoms with van der Waals surface area (Å²) in [6.07, 6.45) is 1.68. The Hall–Kier alpha value is -2.53. The predicted molar refractivity (Wildman–Crippen MR) is 101 cm³/mol. The number of aromatic hydroxyl groups is 1. The van der Waals surface area contributed by atoms with Crippen molar-refractivity contribution in [3.05, 3.63) is 53.6 Å². The van der Waals surface area contributed by atoms with Crippen molar-refractivity contribution < 1.29 is 14.6 Å². The zero-order valence-electron chi connectivity index (χ0n) is 15.3. The van der Waals surface area contributed by atoms with Crippen molar-refractivity contribution >= 4 is 6.21 Å². The predicted octanol–water partition coefficient (Wildman–Crippen LogP) is 3.52. The lowest BCUT2D eigenvalue weighted by Gasteiger charge is -2.24. The van der Waals surface area contributed by atoms with E-state index in [9.17, 15) is 5.11 Å². The van der Waals surface area contributed by atoms with Gasteiger partial charge in [-0.25, -0.2) is 0 Å². The number of hydrogen-bond acceptors (Lipinski definition) is 5. The van der Waals surface area contributed by atoms with Crippen LogP contribution >= 0.6 is 0 Å². The topological polar surface area (TPSA) is 54.3 Å². The summed E-state index contributed by atoms with van der Waals surface area (Å²) in [5.74, 6) is 1.43. The van der Waals surface area contributed by atoms with Gasteiger partial charge in [-0.1, -0.05) is 24.3 Å². The number of aliphatic imine (C=N–C) groups is 1. The summed E-state index contributed by atoms with van der Waals surface area (Å²) < 4.78 is 10.9. The molecule has 2 rings (SSSR count). The van der Waals surface area contributed by atoms with Crippen LogP contribution in [0.4, 0.5) is 0 Å². The molecule has 25 heavy (non-hydrogen) atoms. The van der Waals surface area contributed by atoms with E-state index in [-0.39, 0.29) is 11.8 Å². The molecule has 0 heterocycles. The first kappa shape index (κ1) is 18.8. The summed E-state index contributed by atoms with van der Waals surface area (Å²) in [5.41, 5.74) is 1.72. The summed E-state index contributed by atoms with van der Waals surface area (Å²) in [6.45, 7) is 2.94. The van der Waals surface area contributed by atoms with Crippen molar-refractivity contribution in [2.24, 2.45) is 4.99 Å². The minimum Gasteiger partial charge on any atom is -0.504 e. The van der Waals surface area contributed by atoms with E-state index in [1.807, 2.05) is 57.4 Å². The number of ether oxygens (including phenoxy) is 2. The van der Waals surface area contributed by atoms with Gasteiger partial charge in [-0.05, 0) is 39.2 Å². The minimum absolute atomic E-state index is 0.0737. The van der Waals surface area contributed by atoms with Crippen molar-refractivity contribution in [3.8, 4) is 17.2 Å². The van der Waals surface area contributed by atoms with Crippen molar-refractivity contribution in [2.75, 3.05) is 34.4 Å². The Balaban J connectivity index is 2.19. The van der Waals surface area contributed by atoms with Crippen LogP contribution in [0.15, 0.2) is 47.5 Å². The first-order valence-corrected chi connectivity index (χ1v) is 8.32. The number of phenolic OH excluding ortho intramolecular Hbond substituents is 1. The zero-order chi connectivity index (χ0) is 18.2. The third-order valence-electron chi connectivity index (χ3n) is 3.96. The fourth-order valence-electron chi connectivity index (χ4n) is 2.65. The highest BCUT2D eigenvalue weighted by atomic mass is 16.5. The Kier molecular flexibility index (Phi) is 6.83. The van der Waals surface area contributed by atoms with Crippen LogP contribution in [-0.2, 0) is 0 Å². The van der Waals surface area contributed by atoms with Crippen LogP contribution in [0.2, 0.25) is 0 Å². The molecule has 0 amide bonds. The summed E-state index contributed by atoms with van der Waals surface area (Å²) in [4.78, 5) is 6.64. The maximum atomic E-state index is 10.2. The maximum absolute atomic E-state index is 10.2. The number of phenols is 1. The number of hydrogen-bond donors (Lipinski definition) is 1. The van der Waals surface area contributed by atoms with Gasteiger partial charge in [-0.2, -0.15) is 0 Å². The molecule has 0 aliphatic rings. The molecule has 134 valence electrons. The van der Waals surface area contributed by atoms with Gasteiger partial charge in [0.05, 0.1) is 26.3 Å². The molecular formula is C20H26N2O3. The SMILES string of the molecule is CCOc1cccc(C=NC[C@H](c2ccccc2OC)N(C)C)c1O. The third-order valence-corrected chi connectivity index (χ3v) is 3.96. The summed E-state index contributed by atoms with van der Waals surface area (Å²) >= 11 is 0. The van der Waals surface area contributed by atoms with E-state index in [4.69, 9.17) is 9.47 Å². The highest BCUT2D eigenvalue weighted by molar-refractivity contribution is 5.84. The third kappa shape index (κ3) is 4.73. The second-order valence-corrected chi connectivity index (χ2v) is 5.84. The van der Waals surface area contributed by atoms with Gasteiger partial charge in [0.2, 0.25) is 0 Å². The smallest absolute Gasteiger partial charge is 0.166 e. The van der Waals surface area contributed by atoms with Crippen molar-refractivity contribution in [1.82, 2.24) is 4.90 Å². The molecule has 0 bridgehead atoms. The quantitative estimate of drug-likeness (QED) is 0.746. The lowest BCUT2D eigenvalue weighted by Crippen LogP contribution is -2.23.